The molecule has 38 heavy (non-hydrogen) atoms. The molecule has 0 aliphatic carbocycles. The van der Waals surface area contributed by atoms with Crippen LogP contribution in [0.2, 0.25) is 0 Å². The lowest BCUT2D eigenvalue weighted by Gasteiger charge is -2.28. The lowest BCUT2D eigenvalue weighted by molar-refractivity contribution is -0.136. The smallest absolute Gasteiger partial charge is 0.337 e. The molecule has 0 radical (unpaired) electrons. The van der Waals surface area contributed by atoms with Gasteiger partial charge in [0.25, 0.3) is 0 Å². The Kier molecular flexibility index (Phi) is 9.66. The molecule has 0 fully saturated rings. The van der Waals surface area contributed by atoms with Crippen molar-refractivity contribution in [2.75, 3.05) is 20.3 Å². The number of amides is 2. The Labute approximate surface area is 219 Å². The second kappa shape index (κ2) is 13.1. The first-order chi connectivity index (χ1) is 18.2. The highest BCUT2D eigenvalue weighted by atomic mass is 16.5. The number of ether oxygens (including phenoxy) is 4. The number of nitrogens with one attached hydrogen (secondary N) is 3. The summed E-state index contributed by atoms with van der Waals surface area (Å²) < 4.78 is 21.3. The molecule has 0 aromatic heterocycles. The summed E-state index contributed by atoms with van der Waals surface area (Å²) >= 11 is 0. The van der Waals surface area contributed by atoms with Crippen molar-refractivity contribution in [3.63, 3.8) is 0 Å². The number of allylic oxidation sites excluding steroid dienone is 1. The third kappa shape index (κ3) is 7.46. The third-order valence-corrected chi connectivity index (χ3v) is 5.23. The second-order valence-electron chi connectivity index (χ2n) is 8.08. The summed E-state index contributed by atoms with van der Waals surface area (Å²) in [6.45, 7) is 4.89. The minimum absolute atomic E-state index is 0.166. The molecule has 4 N–H and O–H groups in total. The zero-order valence-electron chi connectivity index (χ0n) is 21.4. The quantitative estimate of drug-likeness (QED) is 0.113. The summed E-state index contributed by atoms with van der Waals surface area (Å²) in [6.07, 6.45) is 0.301. The van der Waals surface area contributed by atoms with Gasteiger partial charge in [-0.05, 0) is 49.2 Å². The van der Waals surface area contributed by atoms with Crippen LogP contribution in [0, 0.1) is 0 Å². The van der Waals surface area contributed by atoms with Crippen molar-refractivity contribution >= 4 is 24.2 Å². The Morgan fingerprint density at radius 1 is 1.18 bits per heavy atom. The molecule has 0 bridgehead atoms. The Balaban J connectivity index is 1.68. The number of aliphatic hydroxyl groups excluding tert-OH is 1. The van der Waals surface area contributed by atoms with Crippen LogP contribution >= 0.6 is 0 Å². The second-order valence-corrected chi connectivity index (χ2v) is 8.08. The van der Waals surface area contributed by atoms with Gasteiger partial charge in [-0.2, -0.15) is 5.10 Å². The molecule has 2 aromatic carbocycles. The van der Waals surface area contributed by atoms with Gasteiger partial charge in [-0.25, -0.2) is 9.59 Å². The van der Waals surface area contributed by atoms with E-state index in [1.807, 2.05) is 0 Å². The first-order valence-electron chi connectivity index (χ1n) is 11.7. The van der Waals surface area contributed by atoms with Crippen molar-refractivity contribution in [3.8, 4) is 17.2 Å². The van der Waals surface area contributed by atoms with Crippen molar-refractivity contribution in [3.05, 3.63) is 64.9 Å². The van der Waals surface area contributed by atoms with E-state index in [2.05, 4.69) is 21.2 Å². The highest BCUT2D eigenvalue weighted by Gasteiger charge is 2.32. The Bertz CT molecular complexity index is 1240. The maximum absolute atomic E-state index is 12.4. The highest BCUT2D eigenvalue weighted by molar-refractivity contribution is 5.95. The van der Waals surface area contributed by atoms with Crippen LogP contribution in [-0.4, -0.2) is 55.8 Å². The van der Waals surface area contributed by atoms with Crippen LogP contribution in [0.3, 0.4) is 0 Å². The zero-order chi connectivity index (χ0) is 27.7. The summed E-state index contributed by atoms with van der Waals surface area (Å²) in [6, 6.07) is 10.5. The minimum atomic E-state index is -1.16. The Morgan fingerprint density at radius 2 is 1.97 bits per heavy atom. The standard InChI is InChI=1S/C26H30N4O8/c1-5-36-21-12-18(24-23(25(33)35-4)15(2)28-26(34)29-24)9-10-20(21)37-14-22(32)30-27-13-17-7-6-8-19(11-17)38-16(3)31/h6-13,22,24,30,32H,5,14H2,1-4H3,(H2,28,29,34)/b27-13+/t22-,24+/m1/s1. The molecular weight excluding hydrogens is 496 g/mol. The van der Waals surface area contributed by atoms with Gasteiger partial charge >= 0.3 is 18.0 Å². The van der Waals surface area contributed by atoms with E-state index in [9.17, 15) is 19.5 Å². The van der Waals surface area contributed by atoms with E-state index >= 15 is 0 Å². The number of hydrogen-bond acceptors (Lipinski definition) is 10. The van der Waals surface area contributed by atoms with Gasteiger partial charge in [0.15, 0.2) is 17.7 Å². The number of rotatable bonds is 11. The molecule has 1 aliphatic rings. The number of carbonyl (C=O) groups excluding carboxylic acids is 3. The first kappa shape index (κ1) is 28.0. The molecule has 0 spiro atoms. The van der Waals surface area contributed by atoms with Gasteiger partial charge in [0.1, 0.15) is 12.4 Å². The number of aliphatic hydroxyl groups is 1. The molecule has 202 valence electrons. The predicted molar refractivity (Wildman–Crippen MR) is 137 cm³/mol. The van der Waals surface area contributed by atoms with E-state index in [1.54, 1.807) is 56.3 Å². The molecule has 0 saturated heterocycles. The number of hydrazone groups is 1. The van der Waals surface area contributed by atoms with Crippen LogP contribution in [0.4, 0.5) is 4.79 Å². The molecule has 2 atom stereocenters. The van der Waals surface area contributed by atoms with Crippen molar-refractivity contribution < 1.29 is 38.4 Å². The molecule has 1 heterocycles. The van der Waals surface area contributed by atoms with Crippen molar-refractivity contribution in [1.82, 2.24) is 16.1 Å². The Morgan fingerprint density at radius 3 is 2.68 bits per heavy atom. The molecule has 2 amide bonds. The predicted octanol–water partition coefficient (Wildman–Crippen LogP) is 2.13. The van der Waals surface area contributed by atoms with E-state index in [0.29, 0.717) is 40.7 Å². The first-order valence-corrected chi connectivity index (χ1v) is 11.7. The van der Waals surface area contributed by atoms with Gasteiger partial charge < -0.3 is 34.7 Å². The summed E-state index contributed by atoms with van der Waals surface area (Å²) in [7, 11) is 1.27. The topological polar surface area (TPSA) is 157 Å². The Hall–Kier alpha value is -4.58. The van der Waals surface area contributed by atoms with E-state index in [4.69, 9.17) is 18.9 Å². The maximum atomic E-state index is 12.4. The van der Waals surface area contributed by atoms with E-state index < -0.39 is 30.2 Å². The van der Waals surface area contributed by atoms with Gasteiger partial charge in [0.2, 0.25) is 0 Å². The minimum Gasteiger partial charge on any atom is -0.490 e. The largest absolute Gasteiger partial charge is 0.490 e. The molecule has 12 heteroatoms. The number of esters is 2. The lowest BCUT2D eigenvalue weighted by atomic mass is 9.95. The summed E-state index contributed by atoms with van der Waals surface area (Å²) in [5.41, 5.74) is 4.43. The van der Waals surface area contributed by atoms with Crippen LogP contribution in [-0.2, 0) is 14.3 Å². The van der Waals surface area contributed by atoms with Gasteiger partial charge in [-0.1, -0.05) is 18.2 Å². The van der Waals surface area contributed by atoms with Gasteiger partial charge in [0, 0.05) is 12.6 Å². The van der Waals surface area contributed by atoms with Crippen molar-refractivity contribution in [2.24, 2.45) is 5.10 Å². The molecule has 2 aromatic rings. The highest BCUT2D eigenvalue weighted by Crippen LogP contribution is 2.34. The van der Waals surface area contributed by atoms with Gasteiger partial charge in [0.05, 0.1) is 31.5 Å². The maximum Gasteiger partial charge on any atom is 0.337 e. The number of urea groups is 1. The van der Waals surface area contributed by atoms with E-state index in [0.717, 1.165) is 0 Å². The van der Waals surface area contributed by atoms with Crippen molar-refractivity contribution in [1.29, 1.82) is 0 Å². The number of carbonyl (C=O) groups is 3. The van der Waals surface area contributed by atoms with Gasteiger partial charge in [-0.3, -0.25) is 10.2 Å². The molecule has 0 saturated carbocycles. The fourth-order valence-electron chi connectivity index (χ4n) is 3.64. The van der Waals surface area contributed by atoms with Crippen LogP contribution in [0.5, 0.6) is 17.2 Å². The van der Waals surface area contributed by atoms with E-state index in [-0.39, 0.29) is 12.2 Å². The average Bonchev–Trinajstić information content (AvgIpc) is 2.87. The fraction of sp³-hybridized carbons (Fsp3) is 0.308. The monoisotopic (exact) mass is 526 g/mol. The molecule has 0 unspecified atom stereocenters. The van der Waals surface area contributed by atoms with Crippen LogP contribution in [0.25, 0.3) is 0 Å². The van der Waals surface area contributed by atoms with Crippen LogP contribution in [0.15, 0.2) is 58.8 Å². The number of methoxy groups -OCH3 is 1. The molecule has 3 rings (SSSR count). The summed E-state index contributed by atoms with van der Waals surface area (Å²) in [5, 5.41) is 19.5. The average molecular weight is 527 g/mol. The van der Waals surface area contributed by atoms with Gasteiger partial charge in [-0.15, -0.1) is 0 Å². The lowest BCUT2D eigenvalue weighted by Crippen LogP contribution is -2.45. The van der Waals surface area contributed by atoms with Crippen LogP contribution < -0.4 is 30.3 Å². The number of benzene rings is 2. The summed E-state index contributed by atoms with van der Waals surface area (Å²) in [5.74, 6) is 0.0738. The molecule has 12 nitrogen and oxygen atoms in total. The number of nitrogens with zero attached hydrogens (tertiary/aromatic N) is 1. The molecule has 1 aliphatic heterocycles. The zero-order valence-corrected chi connectivity index (χ0v) is 21.4. The number of hydrogen-bond donors (Lipinski definition) is 4. The fourth-order valence-corrected chi connectivity index (χ4v) is 3.64. The normalized spacial score (nSPS) is 15.8. The summed E-state index contributed by atoms with van der Waals surface area (Å²) in [4.78, 5) is 35.5. The molecular formula is C26H30N4O8. The van der Waals surface area contributed by atoms with Crippen LogP contribution in [0.1, 0.15) is 37.9 Å². The SMILES string of the molecule is CCOc1cc([C@@H]2NC(=O)NC(C)=C2C(=O)OC)ccc1OC[C@@H](O)N/N=C/c1cccc(OC(C)=O)c1. The van der Waals surface area contributed by atoms with E-state index in [1.165, 1.54) is 20.2 Å². The van der Waals surface area contributed by atoms with Crippen molar-refractivity contribution in [2.45, 2.75) is 33.0 Å². The third-order valence-electron chi connectivity index (χ3n) is 5.23.